The van der Waals surface area contributed by atoms with Crippen molar-refractivity contribution in [2.24, 2.45) is 0 Å². The molecule has 0 heterocycles. The number of benzene rings is 5. The first-order chi connectivity index (χ1) is 14.1. The van der Waals surface area contributed by atoms with Crippen molar-refractivity contribution < 1.29 is 0 Å². The van der Waals surface area contributed by atoms with Crippen molar-refractivity contribution in [1.82, 2.24) is 0 Å². The van der Waals surface area contributed by atoms with Crippen LogP contribution in [0.15, 0.2) is 99.9 Å². The van der Waals surface area contributed by atoms with Gasteiger partial charge in [-0.05, 0) is 80.2 Å². The van der Waals surface area contributed by atoms with E-state index < -0.39 is 0 Å². The lowest BCUT2D eigenvalue weighted by Crippen LogP contribution is -1.91. The van der Waals surface area contributed by atoms with Gasteiger partial charge in [0.15, 0.2) is 0 Å². The number of halogens is 3. The zero-order valence-corrected chi connectivity index (χ0v) is 19.2. The van der Waals surface area contributed by atoms with Gasteiger partial charge >= 0.3 is 0 Å². The van der Waals surface area contributed by atoms with Crippen molar-refractivity contribution in [1.29, 1.82) is 0 Å². The highest BCUT2D eigenvalue weighted by Gasteiger charge is 2.16. The Kier molecular flexibility index (Phi) is 4.95. The summed E-state index contributed by atoms with van der Waals surface area (Å²) in [6.45, 7) is 0. The summed E-state index contributed by atoms with van der Waals surface area (Å²) >= 11 is 13.6. The van der Waals surface area contributed by atoms with E-state index in [1.54, 1.807) is 0 Å². The van der Waals surface area contributed by atoms with Crippen LogP contribution in [0.1, 0.15) is 0 Å². The van der Waals surface area contributed by atoms with Crippen molar-refractivity contribution in [3.05, 3.63) is 105 Å². The summed E-state index contributed by atoms with van der Waals surface area (Å²) in [4.78, 5) is 0. The average molecular weight is 523 g/mol. The lowest BCUT2D eigenvalue weighted by atomic mass is 9.86. The van der Waals surface area contributed by atoms with E-state index in [9.17, 15) is 0 Å². The standard InChI is InChI=1S/C26H15Br2Cl/c27-18-9-5-16(6-10-18)25-21-3-1-2-4-22(21)26(17-7-11-19(28)12-8-17)24-15-20(29)13-14-23(24)25/h1-15H. The van der Waals surface area contributed by atoms with Gasteiger partial charge in [0, 0.05) is 14.0 Å². The Bertz CT molecular complexity index is 1350. The van der Waals surface area contributed by atoms with Gasteiger partial charge in [0.1, 0.15) is 0 Å². The van der Waals surface area contributed by atoms with Crippen LogP contribution in [0.25, 0.3) is 43.8 Å². The molecule has 3 heteroatoms. The van der Waals surface area contributed by atoms with Gasteiger partial charge < -0.3 is 0 Å². The van der Waals surface area contributed by atoms with E-state index in [1.807, 2.05) is 6.07 Å². The van der Waals surface area contributed by atoms with Gasteiger partial charge in [-0.2, -0.15) is 0 Å². The second kappa shape index (κ2) is 7.60. The molecule has 0 amide bonds. The Balaban J connectivity index is 1.98. The summed E-state index contributed by atoms with van der Waals surface area (Å²) in [5, 5.41) is 5.57. The largest absolute Gasteiger partial charge is 0.0843 e. The third-order valence-electron chi connectivity index (χ3n) is 5.25. The molecule has 0 atom stereocenters. The Labute approximate surface area is 191 Å². The first kappa shape index (κ1) is 18.9. The van der Waals surface area contributed by atoms with Crippen molar-refractivity contribution >= 4 is 65.0 Å². The van der Waals surface area contributed by atoms with Crippen LogP contribution in [0.4, 0.5) is 0 Å². The molecule has 0 aromatic heterocycles. The van der Waals surface area contributed by atoms with Crippen molar-refractivity contribution in [2.45, 2.75) is 0 Å². The minimum atomic E-state index is 0.743. The van der Waals surface area contributed by atoms with E-state index in [0.717, 1.165) is 19.4 Å². The molecule has 0 bridgehead atoms. The molecule has 0 aliphatic heterocycles. The van der Waals surface area contributed by atoms with E-state index in [-0.39, 0.29) is 0 Å². The quantitative estimate of drug-likeness (QED) is 0.203. The Morgan fingerprint density at radius 3 is 1.45 bits per heavy atom. The molecule has 5 rings (SSSR count). The summed E-state index contributed by atoms with van der Waals surface area (Å²) < 4.78 is 2.14. The molecule has 0 saturated heterocycles. The molecule has 0 N–H and O–H groups in total. The summed E-state index contributed by atoms with van der Waals surface area (Å²) in [6.07, 6.45) is 0. The van der Waals surface area contributed by atoms with Crippen LogP contribution >= 0.6 is 43.5 Å². The van der Waals surface area contributed by atoms with Crippen molar-refractivity contribution in [2.75, 3.05) is 0 Å². The normalized spacial score (nSPS) is 11.3. The molecule has 0 aliphatic rings. The molecule has 0 radical (unpaired) electrons. The van der Waals surface area contributed by atoms with E-state index in [0.29, 0.717) is 0 Å². The average Bonchev–Trinajstić information content (AvgIpc) is 2.74. The van der Waals surface area contributed by atoms with E-state index in [2.05, 4.69) is 117 Å². The van der Waals surface area contributed by atoms with Gasteiger partial charge in [0.05, 0.1) is 0 Å². The van der Waals surface area contributed by atoms with Crippen LogP contribution in [-0.4, -0.2) is 0 Å². The van der Waals surface area contributed by atoms with Crippen LogP contribution in [0.3, 0.4) is 0 Å². The van der Waals surface area contributed by atoms with Crippen LogP contribution in [-0.2, 0) is 0 Å². The maximum absolute atomic E-state index is 6.46. The molecule has 140 valence electrons. The number of hydrogen-bond donors (Lipinski definition) is 0. The Morgan fingerprint density at radius 2 is 0.931 bits per heavy atom. The first-order valence-corrected chi connectivity index (χ1v) is 11.2. The molecule has 0 nitrogen and oxygen atoms in total. The summed E-state index contributed by atoms with van der Waals surface area (Å²) in [7, 11) is 0. The number of rotatable bonds is 2. The molecule has 0 saturated carbocycles. The zero-order valence-electron chi connectivity index (χ0n) is 15.3. The topological polar surface area (TPSA) is 0 Å². The molecule has 5 aromatic rings. The van der Waals surface area contributed by atoms with Gasteiger partial charge in [-0.1, -0.05) is 98.1 Å². The second-order valence-electron chi connectivity index (χ2n) is 7.00. The highest BCUT2D eigenvalue weighted by molar-refractivity contribution is 9.10. The minimum Gasteiger partial charge on any atom is -0.0843 e. The van der Waals surface area contributed by atoms with Crippen LogP contribution < -0.4 is 0 Å². The third kappa shape index (κ3) is 3.40. The fraction of sp³-hybridized carbons (Fsp3) is 0. The predicted octanol–water partition coefficient (Wildman–Crippen LogP) is 9.51. The fourth-order valence-electron chi connectivity index (χ4n) is 4.01. The molecule has 0 aliphatic carbocycles. The monoisotopic (exact) mass is 520 g/mol. The molecule has 0 fully saturated rings. The molecule has 0 unspecified atom stereocenters. The lowest BCUT2D eigenvalue weighted by molar-refractivity contribution is 1.62. The van der Waals surface area contributed by atoms with Crippen LogP contribution in [0.5, 0.6) is 0 Å². The number of fused-ring (bicyclic) bond motifs is 2. The highest BCUT2D eigenvalue weighted by Crippen LogP contribution is 2.44. The third-order valence-corrected chi connectivity index (χ3v) is 6.54. The van der Waals surface area contributed by atoms with Crippen molar-refractivity contribution in [3.63, 3.8) is 0 Å². The summed E-state index contributed by atoms with van der Waals surface area (Å²) in [6, 6.07) is 31.8. The highest BCUT2D eigenvalue weighted by atomic mass is 79.9. The van der Waals surface area contributed by atoms with Gasteiger partial charge in [-0.15, -0.1) is 0 Å². The summed E-state index contributed by atoms with van der Waals surface area (Å²) in [5.74, 6) is 0. The smallest absolute Gasteiger partial charge is 0.0412 e. The lowest BCUT2D eigenvalue weighted by Gasteiger charge is -2.18. The van der Waals surface area contributed by atoms with E-state index >= 15 is 0 Å². The van der Waals surface area contributed by atoms with Crippen LogP contribution in [0, 0.1) is 0 Å². The molecular weight excluding hydrogens is 508 g/mol. The van der Waals surface area contributed by atoms with Gasteiger partial charge in [0.25, 0.3) is 0 Å². The zero-order chi connectivity index (χ0) is 20.0. The van der Waals surface area contributed by atoms with Crippen molar-refractivity contribution in [3.8, 4) is 22.3 Å². The summed E-state index contributed by atoms with van der Waals surface area (Å²) in [5.41, 5.74) is 4.82. The SMILES string of the molecule is Clc1ccc2c(-c3ccc(Br)cc3)c3ccccc3c(-c3ccc(Br)cc3)c2c1. The predicted molar refractivity (Wildman–Crippen MR) is 133 cm³/mol. The molecule has 0 spiro atoms. The van der Waals surface area contributed by atoms with Gasteiger partial charge in [-0.25, -0.2) is 0 Å². The number of hydrogen-bond acceptors (Lipinski definition) is 0. The molecular formula is C26H15Br2Cl. The maximum Gasteiger partial charge on any atom is 0.0412 e. The fourth-order valence-corrected chi connectivity index (χ4v) is 4.71. The van der Waals surface area contributed by atoms with Gasteiger partial charge in [0.2, 0.25) is 0 Å². The first-order valence-electron chi connectivity index (χ1n) is 9.28. The Morgan fingerprint density at radius 1 is 0.483 bits per heavy atom. The molecule has 29 heavy (non-hydrogen) atoms. The van der Waals surface area contributed by atoms with E-state index in [1.165, 1.54) is 38.4 Å². The van der Waals surface area contributed by atoms with E-state index in [4.69, 9.17) is 11.6 Å². The van der Waals surface area contributed by atoms with Crippen LogP contribution in [0.2, 0.25) is 5.02 Å². The second-order valence-corrected chi connectivity index (χ2v) is 9.27. The minimum absolute atomic E-state index is 0.743. The Hall–Kier alpha value is -2.13. The van der Waals surface area contributed by atoms with Gasteiger partial charge in [-0.3, -0.25) is 0 Å². The molecule has 5 aromatic carbocycles. The maximum atomic E-state index is 6.46.